The fraction of sp³-hybridized carbons (Fsp3) is 0.435. The summed E-state index contributed by atoms with van der Waals surface area (Å²) in [6.45, 7) is 6.70. The molecule has 170 valence electrons. The van der Waals surface area contributed by atoms with Crippen molar-refractivity contribution in [2.24, 2.45) is 0 Å². The van der Waals surface area contributed by atoms with Crippen LogP contribution in [0.4, 0.5) is 11.4 Å². The molecule has 8 heteroatoms. The summed E-state index contributed by atoms with van der Waals surface area (Å²) in [5.74, 6) is 0.0406. The van der Waals surface area contributed by atoms with E-state index in [1.54, 1.807) is 30.4 Å². The Hall–Kier alpha value is -2.97. The largest absolute Gasteiger partial charge is 0.433 e. The Morgan fingerprint density at radius 2 is 1.90 bits per heavy atom. The summed E-state index contributed by atoms with van der Waals surface area (Å²) < 4.78 is 11.0. The number of carbonyl (C=O) groups is 2. The van der Waals surface area contributed by atoms with E-state index >= 15 is 0 Å². The van der Waals surface area contributed by atoms with Crippen LogP contribution in [0.2, 0.25) is 0 Å². The normalized spacial score (nSPS) is 14.1. The minimum atomic E-state index is -0.425. The van der Waals surface area contributed by atoms with Gasteiger partial charge < -0.3 is 9.47 Å². The summed E-state index contributed by atoms with van der Waals surface area (Å²) in [5.41, 5.74) is 1.58. The Balaban J connectivity index is 0.000000861. The molecule has 0 bridgehead atoms. The average Bonchev–Trinajstić information content (AvgIpc) is 2.78. The first-order valence-electron chi connectivity index (χ1n) is 10.7. The first-order valence-corrected chi connectivity index (χ1v) is 10.7. The number of hydrogen-bond acceptors (Lipinski definition) is 6. The Kier molecular flexibility index (Phi) is 12.5. The summed E-state index contributed by atoms with van der Waals surface area (Å²) in [4.78, 5) is 22.5. The van der Waals surface area contributed by atoms with Crippen molar-refractivity contribution < 1.29 is 39.7 Å². The molecule has 0 amide bonds. The highest BCUT2D eigenvalue weighted by Gasteiger charge is 2.30. The number of allylic oxidation sites excluding steroid dienone is 4. The Labute approximate surface area is 183 Å². The van der Waals surface area contributed by atoms with Crippen molar-refractivity contribution in [3.05, 3.63) is 42.2 Å². The highest BCUT2D eigenvalue weighted by atomic mass is 16.5. The number of quaternary nitrogens is 1. The van der Waals surface area contributed by atoms with Crippen LogP contribution in [0.15, 0.2) is 42.2 Å². The van der Waals surface area contributed by atoms with Gasteiger partial charge in [0.1, 0.15) is 5.76 Å². The fourth-order valence-corrected chi connectivity index (χ4v) is 2.80. The lowest BCUT2D eigenvalue weighted by Crippen LogP contribution is -2.74. The first-order chi connectivity index (χ1) is 15.0. The number of esters is 1. The smallest absolute Gasteiger partial charge is 0.362 e. The Bertz CT molecular complexity index is 812. The van der Waals surface area contributed by atoms with Crippen LogP contribution in [0.3, 0.4) is 0 Å². The van der Waals surface area contributed by atoms with Crippen molar-refractivity contribution in [2.45, 2.75) is 65.7 Å². The van der Waals surface area contributed by atoms with E-state index in [1.165, 1.54) is 25.3 Å². The monoisotopic (exact) mass is 434 g/mol. The lowest BCUT2D eigenvalue weighted by molar-refractivity contribution is -0.830. The number of rotatable bonds is 10. The molecular weight excluding hydrogens is 400 g/mol. The van der Waals surface area contributed by atoms with Crippen LogP contribution in [0, 0.1) is 0 Å². The second kappa shape index (κ2) is 14.9. The third-order valence-corrected chi connectivity index (χ3v) is 4.44. The quantitative estimate of drug-likeness (QED) is 0.0974. The molecule has 0 saturated heterocycles. The molecule has 1 aliphatic rings. The maximum atomic E-state index is 12.0. The second-order valence-corrected chi connectivity index (χ2v) is 6.94. The van der Waals surface area contributed by atoms with Gasteiger partial charge in [-0.25, -0.2) is 5.21 Å². The third-order valence-electron chi connectivity index (χ3n) is 4.44. The topological polar surface area (TPSA) is 113 Å². The van der Waals surface area contributed by atoms with E-state index in [1.807, 2.05) is 6.92 Å². The van der Waals surface area contributed by atoms with Crippen LogP contribution in [-0.4, -0.2) is 33.3 Å². The second-order valence-electron chi connectivity index (χ2n) is 6.94. The van der Waals surface area contributed by atoms with Crippen LogP contribution >= 0.6 is 0 Å². The van der Waals surface area contributed by atoms with Crippen molar-refractivity contribution in [1.82, 2.24) is 0 Å². The van der Waals surface area contributed by atoms with Crippen LogP contribution in [0.25, 0.3) is 0 Å². The van der Waals surface area contributed by atoms with E-state index in [2.05, 4.69) is 13.8 Å². The minimum absolute atomic E-state index is 0.115. The van der Waals surface area contributed by atoms with Crippen molar-refractivity contribution in [3.8, 4) is 5.75 Å². The van der Waals surface area contributed by atoms with Crippen LogP contribution in [0.1, 0.15) is 65.7 Å². The molecule has 0 fully saturated rings. The number of carbonyl (C=O) groups excluding carboxylic acids is 2. The van der Waals surface area contributed by atoms with E-state index in [9.17, 15) is 20.0 Å². The number of para-hydroxylation sites is 1. The van der Waals surface area contributed by atoms with E-state index < -0.39 is 5.97 Å². The average molecular weight is 435 g/mol. The SMILES string of the molecule is CCCCC.CCCCC(=O)Oc1cccc([NH2+]O)c1/[N+](O)=C1/C=CC=C(OC=O)C1. The van der Waals surface area contributed by atoms with E-state index in [4.69, 9.17) is 9.47 Å². The molecule has 1 aliphatic carbocycles. The number of benzene rings is 1. The molecule has 1 aromatic rings. The van der Waals surface area contributed by atoms with Crippen LogP contribution in [-0.2, 0) is 14.3 Å². The number of ether oxygens (including phenoxy) is 2. The summed E-state index contributed by atoms with van der Waals surface area (Å²) in [6, 6.07) is 4.69. The van der Waals surface area contributed by atoms with Crippen molar-refractivity contribution >= 4 is 29.5 Å². The van der Waals surface area contributed by atoms with Gasteiger partial charge in [0.05, 0.1) is 6.42 Å². The highest BCUT2D eigenvalue weighted by molar-refractivity contribution is 5.95. The lowest BCUT2D eigenvalue weighted by atomic mass is 10.1. The molecule has 0 saturated carbocycles. The van der Waals surface area contributed by atoms with Crippen molar-refractivity contribution in [1.29, 1.82) is 0 Å². The molecule has 31 heavy (non-hydrogen) atoms. The van der Waals surface area contributed by atoms with Gasteiger partial charge in [0.15, 0.2) is 0 Å². The van der Waals surface area contributed by atoms with Gasteiger partial charge in [-0.3, -0.25) is 14.8 Å². The molecule has 0 aromatic heterocycles. The van der Waals surface area contributed by atoms with Gasteiger partial charge >= 0.3 is 11.7 Å². The molecule has 8 nitrogen and oxygen atoms in total. The Morgan fingerprint density at radius 1 is 1.19 bits per heavy atom. The molecule has 0 atom stereocenters. The standard InChI is InChI=1S/C18H21N2O6.C5H12/c1-2-3-10-17(22)26-16-9-5-8-15(19-23)18(16)20(24)13-6-4-7-14(11-13)25-12-21;1-3-5-4-2/h4-9,12,19,23-24H,2-3,10-11H2,1H3;3-5H2,1-2H3/q+1;/p+1/b20-13+;. The molecule has 0 unspecified atom stereocenters. The predicted octanol–water partition coefficient (Wildman–Crippen LogP) is 4.05. The molecule has 0 radical (unpaired) electrons. The molecular formula is C23H34N2O6+2. The molecule has 2 rings (SSSR count). The third kappa shape index (κ3) is 8.74. The summed E-state index contributed by atoms with van der Waals surface area (Å²) in [7, 11) is 0. The molecule has 0 spiro atoms. The van der Waals surface area contributed by atoms with E-state index in [0.717, 1.165) is 16.6 Å². The Morgan fingerprint density at radius 3 is 2.48 bits per heavy atom. The van der Waals surface area contributed by atoms with Crippen molar-refractivity contribution in [2.75, 3.05) is 0 Å². The summed E-state index contributed by atoms with van der Waals surface area (Å²) in [6.07, 6.45) is 10.9. The number of nitrogens with two attached hydrogens (primary N) is 1. The number of unbranched alkanes of at least 4 members (excludes halogenated alkanes) is 3. The van der Waals surface area contributed by atoms with E-state index in [-0.39, 0.29) is 30.0 Å². The van der Waals surface area contributed by atoms with Gasteiger partial charge in [0, 0.05) is 23.3 Å². The highest BCUT2D eigenvalue weighted by Crippen LogP contribution is 2.33. The van der Waals surface area contributed by atoms with Gasteiger partial charge in [-0.2, -0.15) is 5.48 Å². The van der Waals surface area contributed by atoms with Gasteiger partial charge in [0.25, 0.3) is 6.47 Å². The summed E-state index contributed by atoms with van der Waals surface area (Å²) in [5, 5.41) is 20.2. The number of hydrogen-bond donors (Lipinski definition) is 3. The van der Waals surface area contributed by atoms with Gasteiger partial charge in [0.2, 0.25) is 17.1 Å². The summed E-state index contributed by atoms with van der Waals surface area (Å²) >= 11 is 0. The maximum Gasteiger partial charge on any atom is 0.362 e. The van der Waals surface area contributed by atoms with Gasteiger partial charge in [-0.1, -0.05) is 58.6 Å². The molecule has 0 aliphatic heterocycles. The number of nitrogens with zero attached hydrogens (tertiary/aromatic N) is 1. The first kappa shape index (κ1) is 26.1. The van der Waals surface area contributed by atoms with Crippen molar-refractivity contribution in [3.63, 3.8) is 0 Å². The zero-order valence-electron chi connectivity index (χ0n) is 18.5. The predicted molar refractivity (Wildman–Crippen MR) is 116 cm³/mol. The zero-order valence-corrected chi connectivity index (χ0v) is 18.5. The minimum Gasteiger partial charge on any atom is -0.433 e. The van der Waals surface area contributed by atoms with Crippen LogP contribution in [0.5, 0.6) is 5.75 Å². The van der Waals surface area contributed by atoms with E-state index in [0.29, 0.717) is 24.4 Å². The lowest BCUT2D eigenvalue weighted by Gasteiger charge is -2.09. The fourth-order valence-electron chi connectivity index (χ4n) is 2.80. The molecule has 0 heterocycles. The van der Waals surface area contributed by atoms with Gasteiger partial charge in [-0.15, -0.1) is 0 Å². The molecule has 4 N–H and O–H groups in total. The zero-order chi connectivity index (χ0) is 23.1. The van der Waals surface area contributed by atoms with Gasteiger partial charge in [-0.05, 0) is 18.6 Å². The maximum absolute atomic E-state index is 12.0. The molecule has 1 aromatic carbocycles. The van der Waals surface area contributed by atoms with Crippen LogP contribution < -0.4 is 10.2 Å².